The summed E-state index contributed by atoms with van der Waals surface area (Å²) in [6.07, 6.45) is 0. The van der Waals surface area contributed by atoms with Crippen molar-refractivity contribution < 1.29 is 0 Å². The minimum absolute atomic E-state index is 0.649. The fourth-order valence-corrected chi connectivity index (χ4v) is 18.1. The molecule has 102 heavy (non-hydrogen) atoms. The molecule has 8 nitrogen and oxygen atoms in total. The van der Waals surface area contributed by atoms with Crippen molar-refractivity contribution >= 4 is 150 Å². The predicted octanol–water partition coefficient (Wildman–Crippen LogP) is 24.7. The van der Waals surface area contributed by atoms with E-state index in [1.165, 1.54) is 94.5 Å². The number of benzene rings is 14. The fraction of sp³-hybridized carbons (Fsp3) is 0. The highest BCUT2D eigenvalue weighted by atomic mass is 32.1. The van der Waals surface area contributed by atoms with E-state index in [1.807, 2.05) is 28.7 Å². The lowest BCUT2D eigenvalue weighted by Gasteiger charge is -2.13. The molecule has 0 radical (unpaired) electrons. The van der Waals surface area contributed by atoms with Gasteiger partial charge in [0.05, 0.1) is 66.9 Å². The van der Waals surface area contributed by atoms with Gasteiger partial charge in [0, 0.05) is 117 Å². The molecular formula is C92H56N8S2. The summed E-state index contributed by atoms with van der Waals surface area (Å²) < 4.78 is 14.3. The van der Waals surface area contributed by atoms with E-state index in [4.69, 9.17) is 19.9 Å². The summed E-state index contributed by atoms with van der Waals surface area (Å²) in [6.45, 7) is 0. The number of rotatable bonds is 8. The second kappa shape index (κ2) is 23.3. The van der Waals surface area contributed by atoms with Crippen molar-refractivity contribution in [1.29, 1.82) is 0 Å². The van der Waals surface area contributed by atoms with E-state index in [2.05, 4.69) is 352 Å². The molecule has 0 saturated carbocycles. The molecule has 0 aliphatic rings. The van der Waals surface area contributed by atoms with E-state index in [1.54, 1.807) is 0 Å². The van der Waals surface area contributed by atoms with Crippen molar-refractivity contribution in [2.75, 3.05) is 0 Å². The minimum atomic E-state index is 0.649. The van der Waals surface area contributed by atoms with Crippen molar-refractivity contribution in [2.24, 2.45) is 0 Å². The lowest BCUT2D eigenvalue weighted by atomic mass is 10.0. The van der Waals surface area contributed by atoms with Crippen LogP contribution in [0.15, 0.2) is 340 Å². The van der Waals surface area contributed by atoms with Crippen LogP contribution >= 0.6 is 22.7 Å². The maximum absolute atomic E-state index is 5.45. The van der Waals surface area contributed by atoms with Crippen molar-refractivity contribution in [2.45, 2.75) is 0 Å². The molecule has 0 amide bonds. The Morgan fingerprint density at radius 3 is 1.04 bits per heavy atom. The third-order valence-electron chi connectivity index (χ3n) is 20.3. The quantitative estimate of drug-likeness (QED) is 0.152. The summed E-state index contributed by atoms with van der Waals surface area (Å²) in [5, 5.41) is 14.7. The Labute approximate surface area is 592 Å². The molecule has 14 aromatic carbocycles. The van der Waals surface area contributed by atoms with E-state index < -0.39 is 0 Å². The highest BCUT2D eigenvalue weighted by Gasteiger charge is 2.25. The lowest BCUT2D eigenvalue weighted by Crippen LogP contribution is -2.04. The van der Waals surface area contributed by atoms with Gasteiger partial charge in [0.25, 0.3) is 0 Å². The monoisotopic (exact) mass is 1340 g/mol. The zero-order valence-corrected chi connectivity index (χ0v) is 56.4. The number of thiophene rings is 2. The van der Waals surface area contributed by atoms with E-state index >= 15 is 0 Å². The smallest absolute Gasteiger partial charge is 0.235 e. The van der Waals surface area contributed by atoms with Crippen molar-refractivity contribution in [3.63, 3.8) is 0 Å². The molecule has 0 N–H and O–H groups in total. The standard InChI is InChI=1S/2C46H28N4S/c1-3-14-29(15-4-1)38-27-39(35-22-13-21-34-33-20-9-12-25-44(33)51-45(34)35)48-46(47-38)50-41-24-11-8-19-32(41)37-26-36-31-18-7-10-23-40(31)49(42(36)28-43(37)50)30-16-5-2-6-17-30;1-3-13-29(14-4-1)38-27-39(30-23-24-35-34-19-9-12-22-44(34)51-45(35)25-30)48-46(47-38)50-41-21-11-8-18-33(41)37-26-36-32-17-7-10-20-40(32)49(42(36)28-43(37)50)31-15-5-2-6-16-31/h2*1-28H. The summed E-state index contributed by atoms with van der Waals surface area (Å²) in [5.41, 5.74) is 19.1. The van der Waals surface area contributed by atoms with Crippen molar-refractivity contribution in [1.82, 2.24) is 38.2 Å². The highest BCUT2D eigenvalue weighted by Crippen LogP contribution is 2.45. The first-order valence-electron chi connectivity index (χ1n) is 34.3. The van der Waals surface area contributed by atoms with Crippen LogP contribution < -0.4 is 0 Å². The fourth-order valence-electron chi connectivity index (χ4n) is 15.7. The molecule has 8 aromatic heterocycles. The molecule has 476 valence electrons. The molecule has 0 bridgehead atoms. The van der Waals surface area contributed by atoms with Gasteiger partial charge in [-0.25, -0.2) is 19.9 Å². The molecule has 0 unspecified atom stereocenters. The van der Waals surface area contributed by atoms with Gasteiger partial charge in [0.2, 0.25) is 11.9 Å². The predicted molar refractivity (Wildman–Crippen MR) is 429 cm³/mol. The highest BCUT2D eigenvalue weighted by molar-refractivity contribution is 7.26. The number of hydrogen-bond donors (Lipinski definition) is 0. The summed E-state index contributed by atoms with van der Waals surface area (Å²) in [7, 11) is 0. The Morgan fingerprint density at radius 1 is 0.196 bits per heavy atom. The Kier molecular flexibility index (Phi) is 13.2. The van der Waals surface area contributed by atoms with Gasteiger partial charge in [-0.1, -0.05) is 237 Å². The summed E-state index contributed by atoms with van der Waals surface area (Å²) in [5.74, 6) is 1.30. The number of fused-ring (bicyclic) bond motifs is 18. The second-order valence-electron chi connectivity index (χ2n) is 26.1. The first-order chi connectivity index (χ1) is 50.6. The van der Waals surface area contributed by atoms with Gasteiger partial charge in [-0.3, -0.25) is 9.13 Å². The maximum Gasteiger partial charge on any atom is 0.235 e. The number of para-hydroxylation sites is 6. The van der Waals surface area contributed by atoms with Gasteiger partial charge in [-0.05, 0) is 103 Å². The molecule has 0 aliphatic heterocycles. The molecule has 0 spiro atoms. The Balaban J connectivity index is 0.000000133. The van der Waals surface area contributed by atoms with E-state index in [-0.39, 0.29) is 0 Å². The third kappa shape index (κ3) is 9.20. The average Bonchev–Trinajstić information content (AvgIpc) is 1.56. The topological polar surface area (TPSA) is 71.3 Å². The first kappa shape index (κ1) is 57.9. The van der Waals surface area contributed by atoms with Crippen LogP contribution in [-0.4, -0.2) is 38.2 Å². The van der Waals surface area contributed by atoms with Crippen LogP contribution in [0, 0.1) is 0 Å². The van der Waals surface area contributed by atoms with Gasteiger partial charge in [0.1, 0.15) is 0 Å². The molecule has 0 aliphatic carbocycles. The molecule has 8 heterocycles. The van der Waals surface area contributed by atoms with Gasteiger partial charge in [0.15, 0.2) is 0 Å². The number of aromatic nitrogens is 8. The van der Waals surface area contributed by atoms with Gasteiger partial charge >= 0.3 is 0 Å². The largest absolute Gasteiger partial charge is 0.309 e. The normalized spacial score (nSPS) is 11.9. The van der Waals surface area contributed by atoms with Crippen LogP contribution in [0.3, 0.4) is 0 Å². The van der Waals surface area contributed by atoms with Gasteiger partial charge in [-0.2, -0.15) is 0 Å². The third-order valence-corrected chi connectivity index (χ3v) is 22.6. The van der Waals surface area contributed by atoms with Crippen LogP contribution in [0.1, 0.15) is 0 Å². The van der Waals surface area contributed by atoms with Crippen LogP contribution in [0.25, 0.3) is 196 Å². The maximum atomic E-state index is 5.45. The number of hydrogen-bond acceptors (Lipinski definition) is 6. The summed E-state index contributed by atoms with van der Waals surface area (Å²) in [4.78, 5) is 21.5. The molecule has 22 rings (SSSR count). The zero-order chi connectivity index (χ0) is 66.9. The molecule has 0 saturated heterocycles. The van der Waals surface area contributed by atoms with Crippen LogP contribution in [0.2, 0.25) is 0 Å². The van der Waals surface area contributed by atoms with E-state index in [0.29, 0.717) is 11.9 Å². The van der Waals surface area contributed by atoms with Crippen LogP contribution in [-0.2, 0) is 0 Å². The zero-order valence-electron chi connectivity index (χ0n) is 54.7. The molecular weight excluding hydrogens is 1280 g/mol. The van der Waals surface area contributed by atoms with Crippen LogP contribution in [0.5, 0.6) is 0 Å². The first-order valence-corrected chi connectivity index (χ1v) is 36.0. The van der Waals surface area contributed by atoms with Gasteiger partial charge < -0.3 is 9.13 Å². The lowest BCUT2D eigenvalue weighted by molar-refractivity contribution is 0.995. The Morgan fingerprint density at radius 2 is 0.549 bits per heavy atom. The summed E-state index contributed by atoms with van der Waals surface area (Å²) in [6, 6.07) is 121. The molecule has 10 heteroatoms. The number of nitrogens with zero attached hydrogens (tertiary/aromatic N) is 8. The Hall–Kier alpha value is -13.1. The van der Waals surface area contributed by atoms with E-state index in [9.17, 15) is 0 Å². The average molecular weight is 1340 g/mol. The van der Waals surface area contributed by atoms with E-state index in [0.717, 1.165) is 89.5 Å². The minimum Gasteiger partial charge on any atom is -0.309 e. The second-order valence-corrected chi connectivity index (χ2v) is 28.2. The molecule has 0 atom stereocenters. The van der Waals surface area contributed by atoms with Crippen molar-refractivity contribution in [3.05, 3.63) is 340 Å². The molecule has 22 aromatic rings. The molecule has 0 fully saturated rings. The Bertz CT molecular complexity index is 7120. The summed E-state index contributed by atoms with van der Waals surface area (Å²) >= 11 is 3.65. The van der Waals surface area contributed by atoms with Crippen LogP contribution in [0.4, 0.5) is 0 Å². The van der Waals surface area contributed by atoms with Crippen molar-refractivity contribution in [3.8, 4) is 68.3 Å². The van der Waals surface area contributed by atoms with Gasteiger partial charge in [-0.15, -0.1) is 22.7 Å². The SMILES string of the molecule is c1ccc(-c2cc(-c3ccc4c(c3)sc3ccccc34)nc(-n3c4ccccc4c4cc5c6ccccc6n(-c6ccccc6)c5cc43)n2)cc1.c1ccc(-c2cc(-c3cccc4c3sc3ccccc34)nc(-n3c4ccccc4c4cc5c6ccccc6n(-c6ccccc6)c5cc43)n2)cc1.